The maximum Gasteiger partial charge on any atom is 0.220 e. The second kappa shape index (κ2) is 63.4. The first-order valence-corrected chi connectivity index (χ1v) is 36.7. The molecule has 83 heavy (non-hydrogen) atoms. The quantitative estimate of drug-likeness (QED) is 0.0261. The monoisotopic (exact) mass is 1170 g/mol. The predicted molar refractivity (Wildman–Crippen MR) is 355 cm³/mol. The van der Waals surface area contributed by atoms with Gasteiger partial charge in [-0.15, -0.1) is 0 Å². The van der Waals surface area contributed by atoms with Crippen LogP contribution in [0.25, 0.3) is 0 Å². The van der Waals surface area contributed by atoms with E-state index in [1.54, 1.807) is 6.08 Å². The fourth-order valence-corrected chi connectivity index (χ4v) is 12.0. The average Bonchev–Trinajstić information content (AvgIpc) is 3.60. The van der Waals surface area contributed by atoms with E-state index in [9.17, 15) is 30.3 Å². The highest BCUT2D eigenvalue weighted by Crippen LogP contribution is 2.24. The van der Waals surface area contributed by atoms with Crippen molar-refractivity contribution in [1.29, 1.82) is 0 Å². The second-order valence-electron chi connectivity index (χ2n) is 25.7. The number of amides is 1. The Labute approximate surface area is 514 Å². The van der Waals surface area contributed by atoms with E-state index in [-0.39, 0.29) is 12.5 Å². The van der Waals surface area contributed by atoms with Crippen LogP contribution in [0.15, 0.2) is 36.5 Å². The van der Waals surface area contributed by atoms with Crippen LogP contribution in [-0.2, 0) is 14.3 Å². The van der Waals surface area contributed by atoms with Crippen LogP contribution in [0.5, 0.6) is 0 Å². The van der Waals surface area contributed by atoms with Crippen molar-refractivity contribution in [2.24, 2.45) is 0 Å². The number of ether oxygens (including phenoxy) is 2. The zero-order valence-corrected chi connectivity index (χ0v) is 55.0. The maximum absolute atomic E-state index is 13.1. The maximum atomic E-state index is 13.1. The van der Waals surface area contributed by atoms with Crippen LogP contribution in [0.3, 0.4) is 0 Å². The molecule has 0 radical (unpaired) electrons. The largest absolute Gasteiger partial charge is 0.394 e. The zero-order valence-electron chi connectivity index (χ0n) is 55.0. The molecule has 7 unspecified atom stereocenters. The molecule has 1 fully saturated rings. The van der Waals surface area contributed by atoms with Crippen LogP contribution >= 0.6 is 0 Å². The summed E-state index contributed by atoms with van der Waals surface area (Å²) in [5, 5.41) is 54.8. The molecule has 0 spiro atoms. The van der Waals surface area contributed by atoms with Crippen molar-refractivity contribution in [2.75, 3.05) is 13.2 Å². The van der Waals surface area contributed by atoms with Crippen LogP contribution in [-0.4, -0.2) is 87.5 Å². The molecule has 490 valence electrons. The Bertz CT molecular complexity index is 1410. The van der Waals surface area contributed by atoms with Crippen LogP contribution < -0.4 is 5.32 Å². The number of carbonyl (C=O) groups excluding carboxylic acids is 1. The highest BCUT2D eigenvalue weighted by Gasteiger charge is 2.44. The van der Waals surface area contributed by atoms with Crippen molar-refractivity contribution in [3.05, 3.63) is 36.5 Å². The highest BCUT2D eigenvalue weighted by molar-refractivity contribution is 5.76. The van der Waals surface area contributed by atoms with Crippen molar-refractivity contribution >= 4 is 5.91 Å². The lowest BCUT2D eigenvalue weighted by atomic mass is 9.99. The molecule has 6 N–H and O–H groups in total. The summed E-state index contributed by atoms with van der Waals surface area (Å²) in [5.74, 6) is -0.168. The lowest BCUT2D eigenvalue weighted by molar-refractivity contribution is -0.302. The van der Waals surface area contributed by atoms with E-state index in [1.807, 2.05) is 6.08 Å². The molecule has 0 aromatic heterocycles. The molecule has 0 saturated carbocycles. The van der Waals surface area contributed by atoms with E-state index in [0.29, 0.717) is 6.42 Å². The molecular weight excluding hydrogens is 1030 g/mol. The third-order valence-corrected chi connectivity index (χ3v) is 17.7. The van der Waals surface area contributed by atoms with E-state index in [4.69, 9.17) is 9.47 Å². The Hall–Kier alpha value is -1.59. The molecule has 1 aliphatic heterocycles. The van der Waals surface area contributed by atoms with Gasteiger partial charge in [-0.05, 0) is 51.4 Å². The lowest BCUT2D eigenvalue weighted by Crippen LogP contribution is -2.60. The van der Waals surface area contributed by atoms with Crippen LogP contribution in [0, 0.1) is 0 Å². The van der Waals surface area contributed by atoms with Crippen molar-refractivity contribution in [3.63, 3.8) is 0 Å². The average molecular weight is 1170 g/mol. The van der Waals surface area contributed by atoms with Gasteiger partial charge in [-0.2, -0.15) is 0 Å². The molecular formula is C74H141NO8. The van der Waals surface area contributed by atoms with Gasteiger partial charge in [0.1, 0.15) is 24.4 Å². The van der Waals surface area contributed by atoms with E-state index in [2.05, 4.69) is 43.5 Å². The number of hydrogen-bond donors (Lipinski definition) is 6. The van der Waals surface area contributed by atoms with Crippen LogP contribution in [0.1, 0.15) is 373 Å². The number of nitrogens with one attached hydrogen (secondary N) is 1. The Balaban J connectivity index is 2.05. The van der Waals surface area contributed by atoms with Gasteiger partial charge in [0.2, 0.25) is 5.91 Å². The molecule has 7 atom stereocenters. The van der Waals surface area contributed by atoms with E-state index < -0.39 is 49.5 Å². The van der Waals surface area contributed by atoms with Crippen molar-refractivity contribution in [3.8, 4) is 0 Å². The summed E-state index contributed by atoms with van der Waals surface area (Å²) in [6, 6.07) is -0.804. The molecule has 0 aromatic carbocycles. The molecule has 1 rings (SSSR count). The van der Waals surface area contributed by atoms with Crippen LogP contribution in [0.4, 0.5) is 0 Å². The first-order chi connectivity index (χ1) is 40.8. The first kappa shape index (κ1) is 79.4. The second-order valence-corrected chi connectivity index (χ2v) is 25.7. The fourth-order valence-electron chi connectivity index (χ4n) is 12.0. The lowest BCUT2D eigenvalue weighted by Gasteiger charge is -2.40. The third kappa shape index (κ3) is 52.1. The van der Waals surface area contributed by atoms with E-state index >= 15 is 0 Å². The van der Waals surface area contributed by atoms with Gasteiger partial charge in [-0.25, -0.2) is 0 Å². The molecule has 0 aromatic rings. The Morgan fingerprint density at radius 3 is 1.04 bits per heavy atom. The van der Waals surface area contributed by atoms with Gasteiger partial charge in [0.05, 0.1) is 25.4 Å². The smallest absolute Gasteiger partial charge is 0.220 e. The first-order valence-electron chi connectivity index (χ1n) is 36.7. The molecule has 1 aliphatic rings. The summed E-state index contributed by atoms with van der Waals surface area (Å²) in [6.07, 6.45) is 78.4. The van der Waals surface area contributed by atoms with Gasteiger partial charge in [0, 0.05) is 6.42 Å². The minimum absolute atomic E-state index is 0.168. The van der Waals surface area contributed by atoms with Gasteiger partial charge in [-0.3, -0.25) is 4.79 Å². The number of aliphatic hydroxyl groups excluding tert-OH is 5. The van der Waals surface area contributed by atoms with Gasteiger partial charge >= 0.3 is 0 Å². The normalized spacial score (nSPS) is 18.4. The van der Waals surface area contributed by atoms with Gasteiger partial charge in [-0.1, -0.05) is 352 Å². The number of hydrogen-bond acceptors (Lipinski definition) is 8. The number of rotatable bonds is 65. The number of carbonyl (C=O) groups is 1. The summed E-state index contributed by atoms with van der Waals surface area (Å²) in [5.41, 5.74) is 0. The minimum atomic E-state index is -1.57. The zero-order chi connectivity index (χ0) is 60.0. The Morgan fingerprint density at radius 1 is 0.410 bits per heavy atom. The fraction of sp³-hybridized carbons (Fsp3) is 0.905. The molecule has 0 bridgehead atoms. The molecule has 0 aliphatic carbocycles. The molecule has 9 heteroatoms. The summed E-state index contributed by atoms with van der Waals surface area (Å²) in [6.45, 7) is 3.82. The van der Waals surface area contributed by atoms with Crippen LogP contribution in [0.2, 0.25) is 0 Å². The number of allylic oxidation sites excluding steroid dienone is 5. The van der Waals surface area contributed by atoms with Gasteiger partial charge < -0.3 is 40.3 Å². The van der Waals surface area contributed by atoms with E-state index in [1.165, 1.54) is 308 Å². The molecule has 9 nitrogen and oxygen atoms in total. The number of unbranched alkanes of at least 4 members (excludes halogenated alkanes) is 51. The molecule has 1 saturated heterocycles. The molecule has 1 heterocycles. The Morgan fingerprint density at radius 2 is 0.711 bits per heavy atom. The summed E-state index contributed by atoms with van der Waals surface area (Å²) in [4.78, 5) is 13.1. The van der Waals surface area contributed by atoms with Crippen molar-refractivity contribution in [1.82, 2.24) is 5.32 Å². The summed E-state index contributed by atoms with van der Waals surface area (Å²) >= 11 is 0. The Kier molecular flexibility index (Phi) is 60.7. The minimum Gasteiger partial charge on any atom is -0.394 e. The van der Waals surface area contributed by atoms with Gasteiger partial charge in [0.25, 0.3) is 0 Å². The van der Waals surface area contributed by atoms with E-state index in [0.717, 1.165) is 44.9 Å². The van der Waals surface area contributed by atoms with Crippen molar-refractivity contribution < 1.29 is 39.8 Å². The third-order valence-electron chi connectivity index (χ3n) is 17.7. The molecule has 1 amide bonds. The predicted octanol–water partition coefficient (Wildman–Crippen LogP) is 20.2. The summed E-state index contributed by atoms with van der Waals surface area (Å²) < 4.78 is 11.3. The highest BCUT2D eigenvalue weighted by atomic mass is 16.7. The SMILES string of the molecule is CCCCCCC/C=C\C/C=C\CCCCCCCCCCCCCCCCCCCCCCCCCCCCCC(=O)NC(COC1OC(CO)C(O)C(O)C1O)C(O)/C=C/CCCCCCCCCCCCCCCCCCCCC. The van der Waals surface area contributed by atoms with Gasteiger partial charge in [0.15, 0.2) is 6.29 Å². The number of aliphatic hydroxyl groups is 5. The topological polar surface area (TPSA) is 149 Å². The van der Waals surface area contributed by atoms with Crippen molar-refractivity contribution in [2.45, 2.75) is 416 Å². The summed E-state index contributed by atoms with van der Waals surface area (Å²) in [7, 11) is 0. The standard InChI is InChI=1S/C74H141NO8/c1-3-5-7-9-11-13-15-17-19-21-23-25-26-27-28-29-30-31-32-33-34-35-36-37-38-39-40-41-42-44-46-48-50-52-54-56-58-60-62-64-70(78)75-67(66-82-74-73(81)72(80)71(79)69(65-76)83-74)68(77)63-61-59-57-55-53-51-49-47-45-43-24-22-20-18-16-14-12-10-8-6-4-2/h15,17,21,23,61,63,67-69,71-74,76-77,79-81H,3-14,16,18-20,22,24-60,62,64-66H2,1-2H3,(H,75,78)/b17-15-,23-21-,63-61+.